The van der Waals surface area contributed by atoms with Crippen LogP contribution in [0.1, 0.15) is 12.0 Å². The van der Waals surface area contributed by atoms with Gasteiger partial charge in [0.05, 0.1) is 0 Å². The van der Waals surface area contributed by atoms with E-state index < -0.39 is 5.72 Å². The zero-order valence-corrected chi connectivity index (χ0v) is 11.7. The summed E-state index contributed by atoms with van der Waals surface area (Å²) in [6.45, 7) is 0.734. The van der Waals surface area contributed by atoms with Gasteiger partial charge in [0.15, 0.2) is 0 Å². The summed E-state index contributed by atoms with van der Waals surface area (Å²) in [6.07, 6.45) is 1.41. The van der Waals surface area contributed by atoms with E-state index in [9.17, 15) is 9.50 Å². The fraction of sp³-hybridized carbons (Fsp3) is 0.667. The van der Waals surface area contributed by atoms with E-state index in [1.165, 1.54) is 12.5 Å². The topological polar surface area (TPSA) is 23.5 Å². The lowest BCUT2D eigenvalue weighted by molar-refractivity contribution is -0.134. The molecule has 0 radical (unpaired) electrons. The molecule has 2 heterocycles. The third kappa shape index (κ3) is 0.805. The molecule has 5 saturated carbocycles. The van der Waals surface area contributed by atoms with Gasteiger partial charge in [-0.1, -0.05) is 12.1 Å². The van der Waals surface area contributed by atoms with Gasteiger partial charge >= 0.3 is 0 Å². The summed E-state index contributed by atoms with van der Waals surface area (Å²) >= 11 is 0. The van der Waals surface area contributed by atoms with Crippen LogP contribution < -0.4 is 0 Å². The molecular formula is C18H18FNO. The standard InChI is InChI=1S/C18H18FNO/c19-8-3-1-2-7(4-8)6-20-17-13-9-5-10-12-11(9)14(17)16(12)18(20,21)15(10)13/h1-4,9-17,21H,5-6H2/t9-,10+,11?,12+,13?,14+,15+,16+,17-,18-/m0/s1. The minimum atomic E-state index is -0.538. The van der Waals surface area contributed by atoms with Crippen LogP contribution in [0.4, 0.5) is 4.39 Å². The van der Waals surface area contributed by atoms with Gasteiger partial charge in [-0.15, -0.1) is 0 Å². The van der Waals surface area contributed by atoms with Crippen molar-refractivity contribution < 1.29 is 9.50 Å². The molecule has 5 aliphatic carbocycles. The van der Waals surface area contributed by atoms with Gasteiger partial charge < -0.3 is 5.11 Å². The van der Waals surface area contributed by atoms with Gasteiger partial charge in [0.2, 0.25) is 0 Å². The zero-order chi connectivity index (χ0) is 13.7. The summed E-state index contributed by atoms with van der Waals surface area (Å²) in [4.78, 5) is 2.40. The van der Waals surface area contributed by atoms with Crippen LogP contribution in [0, 0.1) is 53.2 Å². The molecule has 0 aromatic heterocycles. The van der Waals surface area contributed by atoms with Crippen LogP contribution in [-0.4, -0.2) is 21.8 Å². The van der Waals surface area contributed by atoms with E-state index in [4.69, 9.17) is 0 Å². The average Bonchev–Trinajstić information content (AvgIpc) is 3.04. The van der Waals surface area contributed by atoms with Gasteiger partial charge in [-0.05, 0) is 59.6 Å². The van der Waals surface area contributed by atoms with Crippen molar-refractivity contribution in [2.45, 2.75) is 24.7 Å². The summed E-state index contributed by atoms with van der Waals surface area (Å²) in [5.41, 5.74) is 0.480. The molecule has 3 heteroatoms. The van der Waals surface area contributed by atoms with Gasteiger partial charge in [-0.2, -0.15) is 0 Å². The van der Waals surface area contributed by atoms with Gasteiger partial charge in [0.25, 0.3) is 0 Å². The molecule has 2 unspecified atom stereocenters. The minimum Gasteiger partial charge on any atom is -0.375 e. The predicted octanol–water partition coefficient (Wildman–Crippen LogP) is 2.09. The molecule has 0 spiro atoms. The highest BCUT2D eigenvalue weighted by molar-refractivity contribution is 5.41. The summed E-state index contributed by atoms with van der Waals surface area (Å²) in [7, 11) is 0. The molecular weight excluding hydrogens is 265 g/mol. The number of nitrogens with zero attached hydrogens (tertiary/aromatic N) is 1. The average molecular weight is 283 g/mol. The van der Waals surface area contributed by atoms with Crippen molar-refractivity contribution in [2.75, 3.05) is 0 Å². The Morgan fingerprint density at radius 2 is 2.05 bits per heavy atom. The SMILES string of the molecule is O[C@]12[C@H]3[C@H]4C5[C@@H]6C[C@H]([C@H]53)[C@@H]1C6[C@@H]4N2Cc1cccc(F)c1. The molecule has 2 nitrogen and oxygen atoms in total. The molecule has 10 atom stereocenters. The van der Waals surface area contributed by atoms with Gasteiger partial charge in [0, 0.05) is 24.4 Å². The number of hydrogen-bond donors (Lipinski definition) is 1. The molecule has 108 valence electrons. The van der Waals surface area contributed by atoms with Crippen molar-refractivity contribution in [3.8, 4) is 0 Å². The zero-order valence-electron chi connectivity index (χ0n) is 11.7. The highest BCUT2D eigenvalue weighted by Gasteiger charge is 2.93. The van der Waals surface area contributed by atoms with Crippen LogP contribution in [0.2, 0.25) is 0 Å². The van der Waals surface area contributed by atoms with Crippen molar-refractivity contribution in [3.63, 3.8) is 0 Å². The lowest BCUT2D eigenvalue weighted by atomic mass is 9.59. The smallest absolute Gasteiger partial charge is 0.125 e. The van der Waals surface area contributed by atoms with Crippen molar-refractivity contribution in [1.82, 2.24) is 4.90 Å². The van der Waals surface area contributed by atoms with E-state index in [0.29, 0.717) is 17.9 Å². The number of aliphatic hydroxyl groups is 1. The van der Waals surface area contributed by atoms with E-state index in [1.54, 1.807) is 12.1 Å². The Kier molecular flexibility index (Phi) is 1.44. The first-order valence-corrected chi connectivity index (χ1v) is 8.45. The number of rotatable bonds is 2. The second-order valence-corrected chi connectivity index (χ2v) is 8.46. The summed E-state index contributed by atoms with van der Waals surface area (Å²) in [5, 5.41) is 11.6. The Labute approximate surface area is 122 Å². The fourth-order valence-corrected chi connectivity index (χ4v) is 8.60. The van der Waals surface area contributed by atoms with Crippen molar-refractivity contribution >= 4 is 0 Å². The third-order valence-corrected chi connectivity index (χ3v) is 8.45. The van der Waals surface area contributed by atoms with Gasteiger partial charge in [0.1, 0.15) is 11.5 Å². The molecule has 0 amide bonds. The molecule has 7 aliphatic rings. The summed E-state index contributed by atoms with van der Waals surface area (Å²) in [6, 6.07) is 7.54. The Morgan fingerprint density at radius 3 is 2.90 bits per heavy atom. The molecule has 2 aliphatic heterocycles. The Bertz CT molecular complexity index is 706. The molecule has 1 aromatic carbocycles. The van der Waals surface area contributed by atoms with E-state index in [2.05, 4.69) is 4.90 Å². The maximum absolute atomic E-state index is 13.5. The maximum Gasteiger partial charge on any atom is 0.125 e. The van der Waals surface area contributed by atoms with Crippen molar-refractivity contribution in [2.24, 2.45) is 47.3 Å². The van der Waals surface area contributed by atoms with E-state index in [0.717, 1.165) is 47.6 Å². The third-order valence-electron chi connectivity index (χ3n) is 8.45. The van der Waals surface area contributed by atoms with Crippen LogP contribution in [0.5, 0.6) is 0 Å². The molecule has 21 heavy (non-hydrogen) atoms. The molecule has 1 aromatic rings. The van der Waals surface area contributed by atoms with E-state index in [1.807, 2.05) is 6.07 Å². The normalized spacial score (nSPS) is 63.2. The van der Waals surface area contributed by atoms with Crippen LogP contribution >= 0.6 is 0 Å². The Balaban J connectivity index is 1.36. The molecule has 4 bridgehead atoms. The van der Waals surface area contributed by atoms with Crippen LogP contribution in [0.25, 0.3) is 0 Å². The lowest BCUT2D eigenvalue weighted by Gasteiger charge is -2.45. The first-order chi connectivity index (χ1) is 10.2. The highest BCUT2D eigenvalue weighted by Crippen LogP contribution is 2.90. The first kappa shape index (κ1) is 10.7. The molecule has 1 N–H and O–H groups in total. The summed E-state index contributed by atoms with van der Waals surface area (Å²) < 4.78 is 13.5. The lowest BCUT2D eigenvalue weighted by Crippen LogP contribution is -2.50. The van der Waals surface area contributed by atoms with Gasteiger partial charge in [-0.3, -0.25) is 4.90 Å². The molecule has 7 fully saturated rings. The van der Waals surface area contributed by atoms with E-state index >= 15 is 0 Å². The monoisotopic (exact) mass is 283 g/mol. The summed E-state index contributed by atoms with van der Waals surface area (Å²) in [5.74, 6) is 6.00. The van der Waals surface area contributed by atoms with Gasteiger partial charge in [-0.25, -0.2) is 4.39 Å². The van der Waals surface area contributed by atoms with Crippen LogP contribution in [0.15, 0.2) is 24.3 Å². The first-order valence-electron chi connectivity index (χ1n) is 8.45. The minimum absolute atomic E-state index is 0.162. The second kappa shape index (κ2) is 2.81. The Hall–Kier alpha value is -0.930. The fourth-order valence-electron chi connectivity index (χ4n) is 8.60. The van der Waals surface area contributed by atoms with E-state index in [-0.39, 0.29) is 5.82 Å². The predicted molar refractivity (Wildman–Crippen MR) is 73.2 cm³/mol. The largest absolute Gasteiger partial charge is 0.375 e. The Morgan fingerprint density at radius 1 is 1.14 bits per heavy atom. The quantitative estimate of drug-likeness (QED) is 0.898. The molecule has 2 saturated heterocycles. The highest BCUT2D eigenvalue weighted by atomic mass is 19.1. The second-order valence-electron chi connectivity index (χ2n) is 8.46. The molecule has 8 rings (SSSR count). The van der Waals surface area contributed by atoms with Crippen molar-refractivity contribution in [1.29, 1.82) is 0 Å². The van der Waals surface area contributed by atoms with Crippen LogP contribution in [0.3, 0.4) is 0 Å². The number of halogens is 1. The van der Waals surface area contributed by atoms with Crippen LogP contribution in [-0.2, 0) is 6.54 Å². The number of hydrogen-bond acceptors (Lipinski definition) is 2. The maximum atomic E-state index is 13.5. The number of benzene rings is 1. The van der Waals surface area contributed by atoms with Crippen molar-refractivity contribution in [3.05, 3.63) is 35.6 Å².